The predicted molar refractivity (Wildman–Crippen MR) is 95.0 cm³/mol. The number of nitrogens with zero attached hydrogens (tertiary/aromatic N) is 2. The molecule has 130 valence electrons. The number of nitrogens with one attached hydrogen (secondary N) is 1. The highest BCUT2D eigenvalue weighted by Crippen LogP contribution is 2.37. The lowest BCUT2D eigenvalue weighted by atomic mass is 10.2. The standard InChI is InChI=1S/C17H29N3O2S/c1-5-23-15-7-6-13(10-15)20-12-18-11-14(20)8-9-19-16(21)22-17(2,3)4/h11-13,15H,5-10H2,1-4H3,(H,19,21). The number of carbonyl (C=O) groups is 1. The monoisotopic (exact) mass is 339 g/mol. The first-order chi connectivity index (χ1) is 10.9. The van der Waals surface area contributed by atoms with Crippen LogP contribution in [0.15, 0.2) is 12.5 Å². The summed E-state index contributed by atoms with van der Waals surface area (Å²) in [7, 11) is 0. The first-order valence-electron chi connectivity index (χ1n) is 8.48. The second kappa shape index (κ2) is 8.08. The number of rotatable bonds is 6. The summed E-state index contributed by atoms with van der Waals surface area (Å²) in [5, 5.41) is 3.60. The summed E-state index contributed by atoms with van der Waals surface area (Å²) < 4.78 is 7.55. The Morgan fingerprint density at radius 3 is 2.96 bits per heavy atom. The highest BCUT2D eigenvalue weighted by molar-refractivity contribution is 7.99. The largest absolute Gasteiger partial charge is 0.444 e. The number of hydrogen-bond donors (Lipinski definition) is 1. The summed E-state index contributed by atoms with van der Waals surface area (Å²) in [6.45, 7) is 8.40. The van der Waals surface area contributed by atoms with E-state index in [1.165, 1.54) is 30.7 Å². The van der Waals surface area contributed by atoms with E-state index in [0.717, 1.165) is 11.7 Å². The van der Waals surface area contributed by atoms with Crippen molar-refractivity contribution in [3.05, 3.63) is 18.2 Å². The molecule has 1 aliphatic carbocycles. The van der Waals surface area contributed by atoms with E-state index < -0.39 is 5.60 Å². The fraction of sp³-hybridized carbons (Fsp3) is 0.765. The molecular formula is C17H29N3O2S. The van der Waals surface area contributed by atoms with E-state index in [9.17, 15) is 4.79 Å². The molecule has 0 saturated heterocycles. The summed E-state index contributed by atoms with van der Waals surface area (Å²) in [5.74, 6) is 1.19. The third kappa shape index (κ3) is 5.75. The molecule has 0 radical (unpaired) electrons. The molecule has 0 spiro atoms. The number of carbonyl (C=O) groups excluding carboxylic acids is 1. The second-order valence-corrected chi connectivity index (χ2v) is 8.59. The summed E-state index contributed by atoms with van der Waals surface area (Å²) >= 11 is 2.07. The molecule has 1 aromatic heterocycles. The summed E-state index contributed by atoms with van der Waals surface area (Å²) in [4.78, 5) is 16.0. The van der Waals surface area contributed by atoms with E-state index in [2.05, 4.69) is 33.6 Å². The van der Waals surface area contributed by atoms with Crippen LogP contribution in [0.3, 0.4) is 0 Å². The second-order valence-electron chi connectivity index (χ2n) is 7.02. The summed E-state index contributed by atoms with van der Waals surface area (Å²) in [5.41, 5.74) is 0.731. The van der Waals surface area contributed by atoms with Gasteiger partial charge >= 0.3 is 6.09 Å². The van der Waals surface area contributed by atoms with Gasteiger partial charge in [0, 0.05) is 36.1 Å². The first kappa shape index (κ1) is 18.2. The van der Waals surface area contributed by atoms with Crippen LogP contribution >= 0.6 is 11.8 Å². The lowest BCUT2D eigenvalue weighted by Gasteiger charge is -2.20. The van der Waals surface area contributed by atoms with Crippen LogP contribution in [0.1, 0.15) is 58.7 Å². The molecule has 0 aliphatic heterocycles. The van der Waals surface area contributed by atoms with Gasteiger partial charge in [-0.2, -0.15) is 11.8 Å². The van der Waals surface area contributed by atoms with Gasteiger partial charge in [-0.25, -0.2) is 9.78 Å². The summed E-state index contributed by atoms with van der Waals surface area (Å²) in [6.07, 6.45) is 8.01. The molecule has 2 rings (SSSR count). The van der Waals surface area contributed by atoms with Crippen LogP contribution in [0.5, 0.6) is 0 Å². The van der Waals surface area contributed by atoms with E-state index in [1.54, 1.807) is 0 Å². The van der Waals surface area contributed by atoms with Crippen LogP contribution < -0.4 is 5.32 Å². The van der Waals surface area contributed by atoms with E-state index in [1.807, 2.05) is 33.3 Å². The van der Waals surface area contributed by atoms with Crippen molar-refractivity contribution in [2.45, 2.75) is 70.3 Å². The Hall–Kier alpha value is -1.17. The zero-order valence-corrected chi connectivity index (χ0v) is 15.5. The van der Waals surface area contributed by atoms with Crippen molar-refractivity contribution in [1.29, 1.82) is 0 Å². The average molecular weight is 340 g/mol. The van der Waals surface area contributed by atoms with Crippen LogP contribution in [-0.4, -0.2) is 38.8 Å². The Balaban J connectivity index is 1.81. The Morgan fingerprint density at radius 2 is 2.26 bits per heavy atom. The van der Waals surface area contributed by atoms with E-state index in [4.69, 9.17) is 4.74 Å². The molecule has 2 atom stereocenters. The van der Waals surface area contributed by atoms with E-state index >= 15 is 0 Å². The van der Waals surface area contributed by atoms with Crippen LogP contribution in [0.2, 0.25) is 0 Å². The van der Waals surface area contributed by atoms with E-state index in [-0.39, 0.29) is 6.09 Å². The summed E-state index contributed by atoms with van der Waals surface area (Å²) in [6, 6.07) is 0.554. The third-order valence-corrected chi connectivity index (χ3v) is 5.18. The molecule has 1 saturated carbocycles. The molecule has 0 bridgehead atoms. The Morgan fingerprint density at radius 1 is 1.48 bits per heavy atom. The molecule has 23 heavy (non-hydrogen) atoms. The van der Waals surface area contributed by atoms with Gasteiger partial charge in [0.05, 0.1) is 6.33 Å². The number of alkyl carbamates (subject to hydrolysis) is 1. The van der Waals surface area contributed by atoms with Gasteiger partial charge in [-0.05, 0) is 45.8 Å². The lowest BCUT2D eigenvalue weighted by Crippen LogP contribution is -2.33. The van der Waals surface area contributed by atoms with Crippen molar-refractivity contribution in [3.63, 3.8) is 0 Å². The molecular weight excluding hydrogens is 310 g/mol. The Kier molecular flexibility index (Phi) is 6.39. The molecule has 6 heteroatoms. The van der Waals surface area contributed by atoms with Crippen molar-refractivity contribution in [2.24, 2.45) is 0 Å². The normalized spacial score (nSPS) is 21.4. The molecule has 1 aliphatic rings. The predicted octanol–water partition coefficient (Wildman–Crippen LogP) is 3.80. The van der Waals surface area contributed by atoms with Gasteiger partial charge in [-0.15, -0.1) is 0 Å². The molecule has 1 amide bonds. The zero-order chi connectivity index (χ0) is 16.9. The molecule has 2 unspecified atom stereocenters. The van der Waals surface area contributed by atoms with Crippen molar-refractivity contribution in [1.82, 2.24) is 14.9 Å². The Labute approximate surface area is 143 Å². The van der Waals surface area contributed by atoms with Crippen LogP contribution in [-0.2, 0) is 11.2 Å². The highest BCUT2D eigenvalue weighted by Gasteiger charge is 2.26. The number of thioether (sulfide) groups is 1. The van der Waals surface area contributed by atoms with E-state index in [0.29, 0.717) is 12.6 Å². The SMILES string of the molecule is CCSC1CCC(n2cncc2CCNC(=O)OC(C)(C)C)C1. The van der Waals surface area contributed by atoms with Gasteiger partial charge < -0.3 is 14.6 Å². The quantitative estimate of drug-likeness (QED) is 0.856. The zero-order valence-electron chi connectivity index (χ0n) is 14.7. The fourth-order valence-electron chi connectivity index (χ4n) is 3.02. The maximum Gasteiger partial charge on any atom is 0.407 e. The van der Waals surface area contributed by atoms with Crippen molar-refractivity contribution in [3.8, 4) is 0 Å². The van der Waals surface area contributed by atoms with Crippen LogP contribution in [0, 0.1) is 0 Å². The number of amides is 1. The van der Waals surface area contributed by atoms with Crippen LogP contribution in [0.4, 0.5) is 4.79 Å². The van der Waals surface area contributed by atoms with Gasteiger partial charge in [0.25, 0.3) is 0 Å². The minimum absolute atomic E-state index is 0.358. The molecule has 1 fully saturated rings. The molecule has 1 N–H and O–H groups in total. The Bertz CT molecular complexity index is 510. The smallest absolute Gasteiger partial charge is 0.407 e. The van der Waals surface area contributed by atoms with Gasteiger partial charge in [-0.1, -0.05) is 6.92 Å². The average Bonchev–Trinajstić information content (AvgIpc) is 3.05. The fourth-order valence-corrected chi connectivity index (χ4v) is 4.15. The van der Waals surface area contributed by atoms with Gasteiger partial charge in [0.15, 0.2) is 0 Å². The van der Waals surface area contributed by atoms with Crippen molar-refractivity contribution >= 4 is 17.9 Å². The number of hydrogen-bond acceptors (Lipinski definition) is 4. The number of aromatic nitrogens is 2. The highest BCUT2D eigenvalue weighted by atomic mass is 32.2. The van der Waals surface area contributed by atoms with Crippen LogP contribution in [0.25, 0.3) is 0 Å². The van der Waals surface area contributed by atoms with Gasteiger partial charge in [0.2, 0.25) is 0 Å². The number of ether oxygens (including phenoxy) is 1. The minimum Gasteiger partial charge on any atom is -0.444 e. The molecule has 1 heterocycles. The van der Waals surface area contributed by atoms with Crippen molar-refractivity contribution in [2.75, 3.05) is 12.3 Å². The molecule has 5 nitrogen and oxygen atoms in total. The molecule has 1 aromatic rings. The maximum absolute atomic E-state index is 11.7. The topological polar surface area (TPSA) is 56.2 Å². The van der Waals surface area contributed by atoms with Gasteiger partial charge in [-0.3, -0.25) is 0 Å². The number of imidazole rings is 1. The third-order valence-electron chi connectivity index (χ3n) is 3.95. The maximum atomic E-state index is 11.7. The van der Waals surface area contributed by atoms with Crippen molar-refractivity contribution < 1.29 is 9.53 Å². The molecule has 0 aromatic carbocycles. The lowest BCUT2D eigenvalue weighted by molar-refractivity contribution is 0.0528. The first-order valence-corrected chi connectivity index (χ1v) is 9.53. The van der Waals surface area contributed by atoms with Gasteiger partial charge in [0.1, 0.15) is 5.60 Å². The minimum atomic E-state index is -0.457.